The summed E-state index contributed by atoms with van der Waals surface area (Å²) in [6.45, 7) is 0. The Bertz CT molecular complexity index is 611. The van der Waals surface area contributed by atoms with Crippen molar-refractivity contribution in [3.8, 4) is 11.1 Å². The maximum atomic E-state index is 10.6. The molecule has 0 radical (unpaired) electrons. The Morgan fingerprint density at radius 1 is 0.889 bits per heavy atom. The molecule has 2 aromatic rings. The number of nitro benzene ring substituents is 1. The van der Waals surface area contributed by atoms with Crippen molar-refractivity contribution < 1.29 is 4.92 Å². The van der Waals surface area contributed by atoms with E-state index >= 15 is 0 Å². The van der Waals surface area contributed by atoms with Gasteiger partial charge in [-0.25, -0.2) is 0 Å². The monoisotopic (exact) mass is 301 g/mol. The van der Waals surface area contributed by atoms with Crippen molar-refractivity contribution in [1.29, 1.82) is 0 Å². The number of rotatable bonds is 2. The van der Waals surface area contributed by atoms with Crippen LogP contribution in [0.15, 0.2) is 36.4 Å². The van der Waals surface area contributed by atoms with Crippen LogP contribution in [0.1, 0.15) is 0 Å². The predicted molar refractivity (Wildman–Crippen MR) is 73.6 cm³/mol. The van der Waals surface area contributed by atoms with E-state index in [1.165, 1.54) is 12.1 Å². The van der Waals surface area contributed by atoms with Gasteiger partial charge in [-0.2, -0.15) is 0 Å². The van der Waals surface area contributed by atoms with Gasteiger partial charge < -0.3 is 0 Å². The minimum atomic E-state index is -0.467. The van der Waals surface area contributed by atoms with Gasteiger partial charge in [-0.1, -0.05) is 34.8 Å². The highest BCUT2D eigenvalue weighted by Crippen LogP contribution is 2.39. The van der Waals surface area contributed by atoms with Crippen molar-refractivity contribution in [3.05, 3.63) is 61.6 Å². The zero-order valence-corrected chi connectivity index (χ0v) is 11.1. The van der Waals surface area contributed by atoms with E-state index in [0.717, 1.165) is 0 Å². The molecular weight excluding hydrogens is 296 g/mol. The highest BCUT2D eigenvalue weighted by molar-refractivity contribution is 6.46. The van der Waals surface area contributed by atoms with Gasteiger partial charge in [-0.05, 0) is 29.8 Å². The number of benzene rings is 2. The summed E-state index contributed by atoms with van der Waals surface area (Å²) in [5, 5.41) is 11.7. The van der Waals surface area contributed by atoms with Crippen molar-refractivity contribution in [2.45, 2.75) is 0 Å². The zero-order chi connectivity index (χ0) is 13.3. The van der Waals surface area contributed by atoms with Crippen LogP contribution in [-0.4, -0.2) is 4.92 Å². The summed E-state index contributed by atoms with van der Waals surface area (Å²) in [5.41, 5.74) is 1.26. The quantitative estimate of drug-likeness (QED) is 0.433. The van der Waals surface area contributed by atoms with E-state index in [1.807, 2.05) is 0 Å². The van der Waals surface area contributed by atoms with Gasteiger partial charge in [0.25, 0.3) is 5.69 Å². The standard InChI is InChI=1S/C12H6Cl3NO2/c13-9-5-6-10(14)12(15)11(9)7-1-3-8(4-2-7)16(17)18/h1-6H. The first kappa shape index (κ1) is 13.1. The van der Waals surface area contributed by atoms with Gasteiger partial charge >= 0.3 is 0 Å². The zero-order valence-electron chi connectivity index (χ0n) is 8.86. The molecule has 0 saturated heterocycles. The van der Waals surface area contributed by atoms with Gasteiger partial charge in [0.1, 0.15) is 0 Å². The molecule has 6 heteroatoms. The lowest BCUT2D eigenvalue weighted by atomic mass is 10.1. The lowest BCUT2D eigenvalue weighted by Crippen LogP contribution is -1.88. The van der Waals surface area contributed by atoms with E-state index in [4.69, 9.17) is 34.8 Å². The average molecular weight is 303 g/mol. The third-order valence-corrected chi connectivity index (χ3v) is 3.53. The number of non-ortho nitro benzene ring substituents is 1. The number of hydrogen-bond donors (Lipinski definition) is 0. The summed E-state index contributed by atoms with van der Waals surface area (Å²) in [7, 11) is 0. The number of halogens is 3. The molecule has 0 N–H and O–H groups in total. The van der Waals surface area contributed by atoms with Crippen LogP contribution in [0.2, 0.25) is 15.1 Å². The van der Waals surface area contributed by atoms with Gasteiger partial charge in [-0.3, -0.25) is 10.1 Å². The Morgan fingerprint density at radius 2 is 1.44 bits per heavy atom. The van der Waals surface area contributed by atoms with Crippen LogP contribution in [-0.2, 0) is 0 Å². The largest absolute Gasteiger partial charge is 0.269 e. The van der Waals surface area contributed by atoms with Gasteiger partial charge in [0.2, 0.25) is 0 Å². The Labute approximate surface area is 118 Å². The first-order valence-electron chi connectivity index (χ1n) is 4.89. The Hall–Kier alpha value is -1.29. The van der Waals surface area contributed by atoms with Crippen LogP contribution < -0.4 is 0 Å². The van der Waals surface area contributed by atoms with Gasteiger partial charge in [-0.15, -0.1) is 0 Å². The first-order chi connectivity index (χ1) is 8.50. The highest BCUT2D eigenvalue weighted by atomic mass is 35.5. The molecule has 2 rings (SSSR count). The van der Waals surface area contributed by atoms with Crippen molar-refractivity contribution in [3.63, 3.8) is 0 Å². The summed E-state index contributed by atoms with van der Waals surface area (Å²) in [6.07, 6.45) is 0. The molecular formula is C12H6Cl3NO2. The molecule has 2 aromatic carbocycles. The maximum Gasteiger partial charge on any atom is 0.269 e. The Morgan fingerprint density at radius 3 is 2.00 bits per heavy atom. The van der Waals surface area contributed by atoms with Gasteiger partial charge in [0.15, 0.2) is 0 Å². The number of nitrogens with zero attached hydrogens (tertiary/aromatic N) is 1. The minimum absolute atomic E-state index is 0.00743. The van der Waals surface area contributed by atoms with E-state index in [2.05, 4.69) is 0 Å². The van der Waals surface area contributed by atoms with Crippen molar-refractivity contribution in [2.75, 3.05) is 0 Å². The maximum absolute atomic E-state index is 10.6. The highest BCUT2D eigenvalue weighted by Gasteiger charge is 2.13. The van der Waals surface area contributed by atoms with Crippen molar-refractivity contribution in [1.82, 2.24) is 0 Å². The van der Waals surface area contributed by atoms with Crippen LogP contribution >= 0.6 is 34.8 Å². The van der Waals surface area contributed by atoms with Crippen LogP contribution in [0.3, 0.4) is 0 Å². The second kappa shape index (κ2) is 5.14. The molecule has 3 nitrogen and oxygen atoms in total. The molecule has 0 aromatic heterocycles. The molecule has 0 atom stereocenters. The molecule has 0 heterocycles. The third-order valence-electron chi connectivity index (χ3n) is 2.41. The lowest BCUT2D eigenvalue weighted by molar-refractivity contribution is -0.384. The molecule has 0 saturated carbocycles. The second-order valence-corrected chi connectivity index (χ2v) is 4.71. The van der Waals surface area contributed by atoms with Crippen LogP contribution in [0.25, 0.3) is 11.1 Å². The van der Waals surface area contributed by atoms with Crippen molar-refractivity contribution >= 4 is 40.5 Å². The van der Waals surface area contributed by atoms with E-state index < -0.39 is 4.92 Å². The lowest BCUT2D eigenvalue weighted by Gasteiger charge is -2.08. The van der Waals surface area contributed by atoms with E-state index in [0.29, 0.717) is 26.2 Å². The van der Waals surface area contributed by atoms with Crippen LogP contribution in [0.5, 0.6) is 0 Å². The average Bonchev–Trinajstić information content (AvgIpc) is 2.35. The summed E-state index contributed by atoms with van der Waals surface area (Å²) in [6, 6.07) is 9.18. The van der Waals surface area contributed by atoms with E-state index in [1.54, 1.807) is 24.3 Å². The topological polar surface area (TPSA) is 43.1 Å². The van der Waals surface area contributed by atoms with E-state index in [9.17, 15) is 10.1 Å². The second-order valence-electron chi connectivity index (χ2n) is 3.52. The first-order valence-corrected chi connectivity index (χ1v) is 6.02. The summed E-state index contributed by atoms with van der Waals surface area (Å²) < 4.78 is 0. The predicted octanol–water partition coefficient (Wildman–Crippen LogP) is 5.22. The van der Waals surface area contributed by atoms with E-state index in [-0.39, 0.29) is 5.69 Å². The fourth-order valence-electron chi connectivity index (χ4n) is 1.54. The normalized spacial score (nSPS) is 10.4. The smallest absolute Gasteiger partial charge is 0.258 e. The molecule has 0 aliphatic rings. The molecule has 0 aliphatic carbocycles. The number of nitro groups is 1. The number of hydrogen-bond acceptors (Lipinski definition) is 2. The molecule has 0 amide bonds. The Balaban J connectivity index is 2.55. The summed E-state index contributed by atoms with van der Waals surface area (Å²) >= 11 is 18.1. The van der Waals surface area contributed by atoms with Crippen molar-refractivity contribution in [2.24, 2.45) is 0 Å². The summed E-state index contributed by atoms with van der Waals surface area (Å²) in [5.74, 6) is 0. The summed E-state index contributed by atoms with van der Waals surface area (Å²) in [4.78, 5) is 10.1. The van der Waals surface area contributed by atoms with Gasteiger partial charge in [0, 0.05) is 22.7 Å². The molecule has 0 fully saturated rings. The SMILES string of the molecule is O=[N+]([O-])c1ccc(-c2c(Cl)ccc(Cl)c2Cl)cc1. The minimum Gasteiger partial charge on any atom is -0.258 e. The third kappa shape index (κ3) is 2.43. The fourth-order valence-corrected chi connectivity index (χ4v) is 2.29. The van der Waals surface area contributed by atoms with Crippen LogP contribution in [0, 0.1) is 10.1 Å². The molecule has 18 heavy (non-hydrogen) atoms. The molecule has 0 aliphatic heterocycles. The molecule has 0 unspecified atom stereocenters. The fraction of sp³-hybridized carbons (Fsp3) is 0. The molecule has 0 bridgehead atoms. The Kier molecular flexibility index (Phi) is 3.76. The molecule has 0 spiro atoms. The van der Waals surface area contributed by atoms with Gasteiger partial charge in [0.05, 0.1) is 15.0 Å². The molecule has 92 valence electrons. The van der Waals surface area contributed by atoms with Crippen LogP contribution in [0.4, 0.5) is 5.69 Å².